The van der Waals surface area contributed by atoms with E-state index in [4.69, 9.17) is 0 Å². The first-order valence-electron chi connectivity index (χ1n) is 8.46. The molecule has 0 atom stereocenters. The van der Waals surface area contributed by atoms with Gasteiger partial charge in [0.1, 0.15) is 6.33 Å². The van der Waals surface area contributed by atoms with Crippen molar-refractivity contribution in [3.8, 4) is 0 Å². The molecule has 24 heavy (non-hydrogen) atoms. The number of aryl methyl sites for hydroxylation is 1. The molecule has 1 amide bonds. The normalized spacial score (nSPS) is 16.0. The molecular formula is C16H25N7O. The molecule has 0 aromatic carbocycles. The summed E-state index contributed by atoms with van der Waals surface area (Å²) in [7, 11) is 0. The molecule has 2 aromatic heterocycles. The number of hydrogen-bond acceptors (Lipinski definition) is 6. The minimum Gasteiger partial charge on any atom is -0.351 e. The Balaban J connectivity index is 1.71. The fourth-order valence-corrected chi connectivity index (χ4v) is 2.96. The summed E-state index contributed by atoms with van der Waals surface area (Å²) in [5, 5.41) is 8.36. The van der Waals surface area contributed by atoms with Gasteiger partial charge in [0.25, 0.3) is 0 Å². The van der Waals surface area contributed by atoms with E-state index in [9.17, 15) is 4.79 Å². The Hall–Kier alpha value is -2.25. The van der Waals surface area contributed by atoms with Crippen LogP contribution in [0.3, 0.4) is 0 Å². The minimum atomic E-state index is 0.0195. The van der Waals surface area contributed by atoms with E-state index in [1.165, 1.54) is 0 Å². The number of fused-ring (bicyclic) bond motifs is 1. The van der Waals surface area contributed by atoms with E-state index in [0.29, 0.717) is 19.5 Å². The van der Waals surface area contributed by atoms with Gasteiger partial charge in [-0.1, -0.05) is 26.0 Å². The van der Waals surface area contributed by atoms with Gasteiger partial charge < -0.3 is 9.80 Å². The standard InChI is InChI=1S/C16H25N7O/c1-5-23-15-13(19-20-23)14(17-11-18-15)22-8-6-21(7-9-22)12(24)10-16(2,3)4/h11H,5-10H2,1-4H3. The summed E-state index contributed by atoms with van der Waals surface area (Å²) >= 11 is 0. The van der Waals surface area contributed by atoms with Crippen LogP contribution in [0.1, 0.15) is 34.1 Å². The highest BCUT2D eigenvalue weighted by Gasteiger charge is 2.26. The van der Waals surface area contributed by atoms with Gasteiger partial charge in [-0.05, 0) is 12.3 Å². The largest absolute Gasteiger partial charge is 0.351 e. The predicted octanol–water partition coefficient (Wildman–Crippen LogP) is 1.33. The topological polar surface area (TPSA) is 80.0 Å². The lowest BCUT2D eigenvalue weighted by Crippen LogP contribution is -2.49. The van der Waals surface area contributed by atoms with E-state index in [1.807, 2.05) is 11.8 Å². The van der Waals surface area contributed by atoms with E-state index in [-0.39, 0.29) is 11.3 Å². The summed E-state index contributed by atoms with van der Waals surface area (Å²) in [5.74, 6) is 1.04. The number of piperazine rings is 1. The second-order valence-electron chi connectivity index (χ2n) is 7.38. The average Bonchev–Trinajstić information content (AvgIpc) is 2.96. The molecule has 130 valence electrons. The molecule has 3 rings (SSSR count). The van der Waals surface area contributed by atoms with Crippen LogP contribution >= 0.6 is 0 Å². The van der Waals surface area contributed by atoms with Crippen LogP contribution in [0.25, 0.3) is 11.2 Å². The number of carbonyl (C=O) groups excluding carboxylic acids is 1. The van der Waals surface area contributed by atoms with E-state index in [2.05, 4.69) is 46.0 Å². The van der Waals surface area contributed by atoms with Gasteiger partial charge in [-0.25, -0.2) is 14.6 Å². The summed E-state index contributed by atoms with van der Waals surface area (Å²) in [6.45, 7) is 11.9. The van der Waals surface area contributed by atoms with E-state index < -0.39 is 0 Å². The SMILES string of the molecule is CCn1nnc2c(N3CCN(C(=O)CC(C)(C)C)CC3)ncnc21. The monoisotopic (exact) mass is 331 g/mol. The molecule has 1 fully saturated rings. The van der Waals surface area contributed by atoms with Gasteiger partial charge in [-0.2, -0.15) is 0 Å². The van der Waals surface area contributed by atoms with Crippen molar-refractivity contribution >= 4 is 22.9 Å². The average molecular weight is 331 g/mol. The second-order valence-corrected chi connectivity index (χ2v) is 7.38. The van der Waals surface area contributed by atoms with Gasteiger partial charge in [0, 0.05) is 39.1 Å². The second kappa shape index (κ2) is 6.33. The molecule has 1 aliphatic rings. The van der Waals surface area contributed by atoms with Gasteiger partial charge in [-0.15, -0.1) is 5.10 Å². The van der Waals surface area contributed by atoms with Gasteiger partial charge in [0.05, 0.1) is 0 Å². The Morgan fingerprint density at radius 1 is 1.17 bits per heavy atom. The number of amides is 1. The molecule has 1 saturated heterocycles. The zero-order valence-corrected chi connectivity index (χ0v) is 14.9. The van der Waals surface area contributed by atoms with Crippen LogP contribution in [0.5, 0.6) is 0 Å². The highest BCUT2D eigenvalue weighted by atomic mass is 16.2. The van der Waals surface area contributed by atoms with E-state index >= 15 is 0 Å². The number of anilines is 1. The molecule has 0 aliphatic carbocycles. The fraction of sp³-hybridized carbons (Fsp3) is 0.688. The summed E-state index contributed by atoms with van der Waals surface area (Å²) in [6, 6.07) is 0. The van der Waals surface area contributed by atoms with Crippen LogP contribution in [0.4, 0.5) is 5.82 Å². The maximum absolute atomic E-state index is 12.4. The van der Waals surface area contributed by atoms with Crippen molar-refractivity contribution in [3.05, 3.63) is 6.33 Å². The molecule has 8 heteroatoms. The Morgan fingerprint density at radius 2 is 1.88 bits per heavy atom. The quantitative estimate of drug-likeness (QED) is 0.844. The first-order valence-corrected chi connectivity index (χ1v) is 8.46. The van der Waals surface area contributed by atoms with Gasteiger partial charge >= 0.3 is 0 Å². The van der Waals surface area contributed by atoms with Crippen LogP contribution in [0.15, 0.2) is 6.33 Å². The third-order valence-electron chi connectivity index (χ3n) is 4.19. The Kier molecular flexibility index (Phi) is 4.38. The van der Waals surface area contributed by atoms with Crippen molar-refractivity contribution in [3.63, 3.8) is 0 Å². The predicted molar refractivity (Wildman–Crippen MR) is 91.7 cm³/mol. The number of hydrogen-bond donors (Lipinski definition) is 0. The first-order chi connectivity index (χ1) is 11.4. The smallest absolute Gasteiger partial charge is 0.223 e. The van der Waals surface area contributed by atoms with Crippen molar-refractivity contribution in [2.45, 2.75) is 40.7 Å². The highest BCUT2D eigenvalue weighted by Crippen LogP contribution is 2.23. The zero-order valence-electron chi connectivity index (χ0n) is 14.9. The van der Waals surface area contributed by atoms with Gasteiger partial charge in [0.2, 0.25) is 5.91 Å². The van der Waals surface area contributed by atoms with Crippen LogP contribution in [0, 0.1) is 5.41 Å². The molecule has 1 aliphatic heterocycles. The molecule has 0 bridgehead atoms. The number of carbonyl (C=O) groups is 1. The molecule has 3 heterocycles. The molecule has 0 unspecified atom stereocenters. The van der Waals surface area contributed by atoms with Crippen LogP contribution in [0.2, 0.25) is 0 Å². The van der Waals surface area contributed by atoms with Crippen molar-refractivity contribution in [2.24, 2.45) is 5.41 Å². The molecule has 0 saturated carbocycles. The van der Waals surface area contributed by atoms with Crippen molar-refractivity contribution in [1.29, 1.82) is 0 Å². The first kappa shape index (κ1) is 16.6. The van der Waals surface area contributed by atoms with Crippen molar-refractivity contribution in [2.75, 3.05) is 31.1 Å². The summed E-state index contributed by atoms with van der Waals surface area (Å²) in [4.78, 5) is 25.2. The molecule has 0 N–H and O–H groups in total. The third-order valence-corrected chi connectivity index (χ3v) is 4.19. The van der Waals surface area contributed by atoms with Crippen molar-refractivity contribution < 1.29 is 4.79 Å². The van der Waals surface area contributed by atoms with Crippen LogP contribution < -0.4 is 4.90 Å². The van der Waals surface area contributed by atoms with Gasteiger partial charge in [-0.3, -0.25) is 4.79 Å². The summed E-state index contributed by atoms with van der Waals surface area (Å²) < 4.78 is 1.77. The van der Waals surface area contributed by atoms with E-state index in [1.54, 1.807) is 11.0 Å². The van der Waals surface area contributed by atoms with Crippen LogP contribution in [-0.2, 0) is 11.3 Å². The fourth-order valence-electron chi connectivity index (χ4n) is 2.96. The summed E-state index contributed by atoms with van der Waals surface area (Å²) in [5.41, 5.74) is 1.51. The Bertz CT molecular complexity index is 726. The molecule has 0 spiro atoms. The van der Waals surface area contributed by atoms with Gasteiger partial charge in [0.15, 0.2) is 17.0 Å². The third kappa shape index (κ3) is 3.32. The number of nitrogens with zero attached hydrogens (tertiary/aromatic N) is 7. The van der Waals surface area contributed by atoms with E-state index in [0.717, 1.165) is 36.6 Å². The Labute approximate surface area is 141 Å². The highest BCUT2D eigenvalue weighted by molar-refractivity contribution is 5.83. The van der Waals surface area contributed by atoms with Crippen LogP contribution in [-0.4, -0.2) is 61.9 Å². The number of rotatable bonds is 3. The molecule has 8 nitrogen and oxygen atoms in total. The summed E-state index contributed by atoms with van der Waals surface area (Å²) in [6.07, 6.45) is 2.14. The maximum atomic E-state index is 12.4. The minimum absolute atomic E-state index is 0.0195. The lowest BCUT2D eigenvalue weighted by molar-refractivity contribution is -0.133. The van der Waals surface area contributed by atoms with Crippen molar-refractivity contribution in [1.82, 2.24) is 29.9 Å². The zero-order chi connectivity index (χ0) is 17.3. The lowest BCUT2D eigenvalue weighted by atomic mass is 9.91. The number of aromatic nitrogens is 5. The lowest BCUT2D eigenvalue weighted by Gasteiger charge is -2.36. The molecule has 2 aromatic rings. The Morgan fingerprint density at radius 3 is 2.50 bits per heavy atom. The molecular weight excluding hydrogens is 306 g/mol. The molecule has 0 radical (unpaired) electrons. The maximum Gasteiger partial charge on any atom is 0.223 e.